The van der Waals surface area contributed by atoms with Crippen molar-refractivity contribution in [2.75, 3.05) is 7.05 Å². The first-order chi connectivity index (χ1) is 13.1. The topological polar surface area (TPSA) is 38.1 Å². The summed E-state index contributed by atoms with van der Waals surface area (Å²) in [5.74, 6) is 0.0833. The van der Waals surface area contributed by atoms with Gasteiger partial charge in [0, 0.05) is 24.6 Å². The van der Waals surface area contributed by atoms with E-state index >= 15 is 0 Å². The summed E-state index contributed by atoms with van der Waals surface area (Å²) in [5, 5.41) is 0. The summed E-state index contributed by atoms with van der Waals surface area (Å²) < 4.78 is 2.10. The molecule has 0 saturated carbocycles. The number of hydrogen-bond donors (Lipinski definition) is 0. The quantitative estimate of drug-likeness (QED) is 0.683. The van der Waals surface area contributed by atoms with Gasteiger partial charge >= 0.3 is 0 Å². The lowest BCUT2D eigenvalue weighted by Gasteiger charge is -2.33. The van der Waals surface area contributed by atoms with Gasteiger partial charge in [-0.1, -0.05) is 24.3 Å². The van der Waals surface area contributed by atoms with Crippen molar-refractivity contribution >= 4 is 5.91 Å². The molecule has 4 rings (SSSR count). The molecule has 2 heterocycles. The monoisotopic (exact) mass is 359 g/mol. The molecular formula is C23H25N3O. The van der Waals surface area contributed by atoms with Crippen LogP contribution in [0.25, 0.3) is 5.69 Å². The normalized spacial score (nSPS) is 16.0. The Bertz CT molecular complexity index is 975. The lowest BCUT2D eigenvalue weighted by molar-refractivity contribution is 0.0714. The lowest BCUT2D eigenvalue weighted by atomic mass is 9.87. The van der Waals surface area contributed by atoms with E-state index in [0.29, 0.717) is 0 Å². The minimum absolute atomic E-state index is 0.0833. The van der Waals surface area contributed by atoms with E-state index in [1.54, 1.807) is 6.20 Å². The van der Waals surface area contributed by atoms with E-state index in [1.807, 2.05) is 50.2 Å². The van der Waals surface area contributed by atoms with Gasteiger partial charge in [0.1, 0.15) is 0 Å². The van der Waals surface area contributed by atoms with Gasteiger partial charge in [-0.15, -0.1) is 0 Å². The minimum atomic E-state index is 0.0833. The summed E-state index contributed by atoms with van der Waals surface area (Å²) in [4.78, 5) is 19.5. The van der Waals surface area contributed by atoms with Crippen molar-refractivity contribution in [2.45, 2.75) is 39.2 Å². The van der Waals surface area contributed by atoms with E-state index in [-0.39, 0.29) is 11.9 Å². The molecule has 1 amide bonds. The smallest absolute Gasteiger partial charge is 0.255 e. The number of rotatable bonds is 3. The Kier molecular flexibility index (Phi) is 4.56. The van der Waals surface area contributed by atoms with Gasteiger partial charge in [-0.3, -0.25) is 9.78 Å². The van der Waals surface area contributed by atoms with Crippen LogP contribution >= 0.6 is 0 Å². The molecule has 0 N–H and O–H groups in total. The number of aryl methyl sites for hydroxylation is 2. The Hall–Kier alpha value is -2.88. The van der Waals surface area contributed by atoms with Crippen molar-refractivity contribution in [2.24, 2.45) is 0 Å². The summed E-state index contributed by atoms with van der Waals surface area (Å²) in [5.41, 5.74) is 6.41. The molecule has 0 radical (unpaired) electrons. The molecular weight excluding hydrogens is 334 g/mol. The van der Waals surface area contributed by atoms with Gasteiger partial charge in [0.2, 0.25) is 0 Å². The third kappa shape index (κ3) is 3.05. The predicted octanol–water partition coefficient (Wildman–Crippen LogP) is 4.64. The number of aromatic nitrogens is 2. The van der Waals surface area contributed by atoms with Crippen LogP contribution in [0.2, 0.25) is 0 Å². The number of carbonyl (C=O) groups is 1. The van der Waals surface area contributed by atoms with Gasteiger partial charge in [-0.05, 0) is 62.4 Å². The van der Waals surface area contributed by atoms with Gasteiger partial charge in [0.25, 0.3) is 5.91 Å². The van der Waals surface area contributed by atoms with Crippen LogP contribution in [0, 0.1) is 13.8 Å². The number of hydrogen-bond acceptors (Lipinski definition) is 2. The van der Waals surface area contributed by atoms with Crippen LogP contribution in [-0.4, -0.2) is 27.4 Å². The Labute approximate surface area is 160 Å². The molecule has 1 atom stereocenters. The molecule has 1 aliphatic carbocycles. The molecule has 1 aromatic carbocycles. The van der Waals surface area contributed by atoms with Crippen molar-refractivity contribution < 1.29 is 4.79 Å². The number of amides is 1. The molecule has 4 heteroatoms. The predicted molar refractivity (Wildman–Crippen MR) is 107 cm³/mol. The van der Waals surface area contributed by atoms with Crippen molar-refractivity contribution in [1.29, 1.82) is 0 Å². The van der Waals surface area contributed by atoms with E-state index in [1.165, 1.54) is 11.1 Å². The second kappa shape index (κ2) is 7.03. The Morgan fingerprint density at radius 1 is 1.19 bits per heavy atom. The van der Waals surface area contributed by atoms with Crippen molar-refractivity contribution in [3.05, 3.63) is 82.9 Å². The van der Waals surface area contributed by atoms with Crippen molar-refractivity contribution in [3.63, 3.8) is 0 Å². The average molecular weight is 359 g/mol. The average Bonchev–Trinajstić information content (AvgIpc) is 3.01. The molecule has 4 nitrogen and oxygen atoms in total. The molecule has 0 aliphatic heterocycles. The highest BCUT2D eigenvalue weighted by Crippen LogP contribution is 2.34. The second-order valence-corrected chi connectivity index (χ2v) is 7.35. The van der Waals surface area contributed by atoms with Crippen LogP contribution in [0.3, 0.4) is 0 Å². The van der Waals surface area contributed by atoms with Crippen LogP contribution in [0.1, 0.15) is 51.8 Å². The van der Waals surface area contributed by atoms with Gasteiger partial charge in [-0.2, -0.15) is 0 Å². The van der Waals surface area contributed by atoms with Gasteiger partial charge in [-0.25, -0.2) is 0 Å². The molecule has 0 fully saturated rings. The van der Waals surface area contributed by atoms with Crippen LogP contribution in [0.15, 0.2) is 54.9 Å². The number of benzene rings is 1. The maximum atomic E-state index is 13.4. The van der Waals surface area contributed by atoms with Crippen LogP contribution in [0.5, 0.6) is 0 Å². The fraction of sp³-hybridized carbons (Fsp3) is 0.304. The number of nitrogens with zero attached hydrogens (tertiary/aromatic N) is 3. The summed E-state index contributed by atoms with van der Waals surface area (Å²) in [6, 6.07) is 14.6. The zero-order chi connectivity index (χ0) is 19.0. The number of carbonyl (C=O) groups excluding carboxylic acids is 1. The lowest BCUT2D eigenvalue weighted by Crippen LogP contribution is -2.33. The van der Waals surface area contributed by atoms with E-state index in [9.17, 15) is 4.79 Å². The van der Waals surface area contributed by atoms with Gasteiger partial charge < -0.3 is 9.47 Å². The zero-order valence-corrected chi connectivity index (χ0v) is 16.1. The van der Waals surface area contributed by atoms with Crippen molar-refractivity contribution in [3.8, 4) is 5.69 Å². The summed E-state index contributed by atoms with van der Waals surface area (Å²) >= 11 is 0. The van der Waals surface area contributed by atoms with E-state index < -0.39 is 0 Å². The fourth-order valence-electron chi connectivity index (χ4n) is 4.32. The van der Waals surface area contributed by atoms with Crippen LogP contribution in [-0.2, 0) is 6.42 Å². The molecule has 2 aromatic heterocycles. The second-order valence-electron chi connectivity index (χ2n) is 7.35. The molecule has 0 saturated heterocycles. The highest BCUT2D eigenvalue weighted by atomic mass is 16.2. The Balaban J connectivity index is 1.68. The van der Waals surface area contributed by atoms with E-state index in [0.717, 1.165) is 41.9 Å². The highest BCUT2D eigenvalue weighted by molar-refractivity contribution is 5.96. The molecule has 1 unspecified atom stereocenters. The van der Waals surface area contributed by atoms with Crippen LogP contribution < -0.4 is 0 Å². The standard InChI is InChI=1S/C23H25N3O/c1-16-14-21(17(2)26(16)19-10-7-13-24-15-19)23(27)25(3)22-12-6-9-18-8-4-5-11-20(18)22/h4-5,7-8,10-11,13-15,22H,6,9,12H2,1-3H3. The molecule has 27 heavy (non-hydrogen) atoms. The first kappa shape index (κ1) is 17.5. The third-order valence-corrected chi connectivity index (χ3v) is 5.69. The first-order valence-corrected chi connectivity index (χ1v) is 9.52. The fourth-order valence-corrected chi connectivity index (χ4v) is 4.32. The Morgan fingerprint density at radius 2 is 2.00 bits per heavy atom. The van der Waals surface area contributed by atoms with Crippen LogP contribution in [0.4, 0.5) is 0 Å². The van der Waals surface area contributed by atoms with E-state index in [4.69, 9.17) is 0 Å². The van der Waals surface area contributed by atoms with Gasteiger partial charge in [0.05, 0.1) is 23.5 Å². The Morgan fingerprint density at radius 3 is 2.78 bits per heavy atom. The summed E-state index contributed by atoms with van der Waals surface area (Å²) in [6.07, 6.45) is 6.83. The van der Waals surface area contributed by atoms with Crippen molar-refractivity contribution in [1.82, 2.24) is 14.5 Å². The molecule has 0 bridgehead atoms. The number of fused-ring (bicyclic) bond motifs is 1. The summed E-state index contributed by atoms with van der Waals surface area (Å²) in [6.45, 7) is 4.04. The minimum Gasteiger partial charge on any atom is -0.335 e. The largest absolute Gasteiger partial charge is 0.335 e. The third-order valence-electron chi connectivity index (χ3n) is 5.69. The maximum Gasteiger partial charge on any atom is 0.255 e. The van der Waals surface area contributed by atoms with Gasteiger partial charge in [0.15, 0.2) is 0 Å². The first-order valence-electron chi connectivity index (χ1n) is 9.52. The SMILES string of the molecule is Cc1cc(C(=O)N(C)C2CCCc3ccccc32)c(C)n1-c1cccnc1. The molecule has 3 aromatic rings. The molecule has 1 aliphatic rings. The highest BCUT2D eigenvalue weighted by Gasteiger charge is 2.29. The molecule has 0 spiro atoms. The number of pyridine rings is 1. The van der Waals surface area contributed by atoms with E-state index in [2.05, 4.69) is 33.8 Å². The zero-order valence-electron chi connectivity index (χ0n) is 16.1. The molecule has 138 valence electrons. The maximum absolute atomic E-state index is 13.4. The summed E-state index contributed by atoms with van der Waals surface area (Å²) in [7, 11) is 1.94.